The second-order valence-electron chi connectivity index (χ2n) is 5.10. The number of piperidine rings is 1. The zero-order chi connectivity index (χ0) is 12.7. The number of amides is 1. The SMILES string of the molecule is CCCCCNC(=O)C1(NC)CCN(C)CC1. The smallest absolute Gasteiger partial charge is 0.240 e. The van der Waals surface area contributed by atoms with E-state index in [1.54, 1.807) is 0 Å². The second-order valence-corrected chi connectivity index (χ2v) is 5.10. The van der Waals surface area contributed by atoms with Gasteiger partial charge in [0.15, 0.2) is 0 Å². The Bertz CT molecular complexity index is 235. The van der Waals surface area contributed by atoms with Crippen LogP contribution in [0.5, 0.6) is 0 Å². The van der Waals surface area contributed by atoms with Crippen molar-refractivity contribution in [3.63, 3.8) is 0 Å². The van der Waals surface area contributed by atoms with E-state index in [0.717, 1.165) is 38.9 Å². The summed E-state index contributed by atoms with van der Waals surface area (Å²) >= 11 is 0. The molecule has 1 aliphatic heterocycles. The van der Waals surface area contributed by atoms with Gasteiger partial charge in [-0.1, -0.05) is 19.8 Å². The van der Waals surface area contributed by atoms with E-state index in [1.165, 1.54) is 12.8 Å². The maximum absolute atomic E-state index is 12.2. The zero-order valence-electron chi connectivity index (χ0n) is 11.5. The van der Waals surface area contributed by atoms with E-state index >= 15 is 0 Å². The molecule has 1 aliphatic rings. The fourth-order valence-corrected chi connectivity index (χ4v) is 2.34. The molecule has 1 rings (SSSR count). The van der Waals surface area contributed by atoms with Crippen LogP contribution in [0.2, 0.25) is 0 Å². The highest BCUT2D eigenvalue weighted by molar-refractivity contribution is 5.86. The summed E-state index contributed by atoms with van der Waals surface area (Å²) in [4.78, 5) is 14.5. The van der Waals surface area contributed by atoms with Gasteiger partial charge in [-0.15, -0.1) is 0 Å². The first kappa shape index (κ1) is 14.5. The van der Waals surface area contributed by atoms with E-state index in [0.29, 0.717) is 0 Å². The van der Waals surface area contributed by atoms with Gasteiger partial charge >= 0.3 is 0 Å². The molecule has 0 aromatic heterocycles. The lowest BCUT2D eigenvalue weighted by Gasteiger charge is -2.39. The molecule has 1 fully saturated rings. The largest absolute Gasteiger partial charge is 0.354 e. The molecular formula is C13H27N3O. The van der Waals surface area contributed by atoms with Crippen LogP contribution >= 0.6 is 0 Å². The quantitative estimate of drug-likeness (QED) is 0.681. The molecule has 0 radical (unpaired) electrons. The van der Waals surface area contributed by atoms with Gasteiger partial charge in [-0.25, -0.2) is 0 Å². The van der Waals surface area contributed by atoms with Crippen molar-refractivity contribution in [2.24, 2.45) is 0 Å². The molecule has 1 amide bonds. The molecule has 1 heterocycles. The van der Waals surface area contributed by atoms with Gasteiger partial charge in [0.05, 0.1) is 0 Å². The fraction of sp³-hybridized carbons (Fsp3) is 0.923. The summed E-state index contributed by atoms with van der Waals surface area (Å²) in [5.41, 5.74) is -0.335. The van der Waals surface area contributed by atoms with Crippen molar-refractivity contribution in [1.29, 1.82) is 0 Å². The topological polar surface area (TPSA) is 44.4 Å². The van der Waals surface area contributed by atoms with Crippen LogP contribution < -0.4 is 10.6 Å². The summed E-state index contributed by atoms with van der Waals surface area (Å²) in [6, 6.07) is 0. The zero-order valence-corrected chi connectivity index (χ0v) is 11.5. The summed E-state index contributed by atoms with van der Waals surface area (Å²) in [7, 11) is 4.01. The van der Waals surface area contributed by atoms with Crippen molar-refractivity contribution in [3.05, 3.63) is 0 Å². The van der Waals surface area contributed by atoms with Crippen molar-refractivity contribution in [2.75, 3.05) is 33.7 Å². The predicted molar refractivity (Wildman–Crippen MR) is 71.1 cm³/mol. The van der Waals surface area contributed by atoms with Crippen LogP contribution in [0.15, 0.2) is 0 Å². The molecule has 0 aromatic rings. The van der Waals surface area contributed by atoms with Crippen LogP contribution in [-0.4, -0.2) is 50.1 Å². The molecule has 0 atom stereocenters. The number of likely N-dealkylation sites (tertiary alicyclic amines) is 1. The molecule has 0 unspecified atom stereocenters. The van der Waals surface area contributed by atoms with Crippen molar-refractivity contribution in [1.82, 2.24) is 15.5 Å². The van der Waals surface area contributed by atoms with Gasteiger partial charge in [0.25, 0.3) is 0 Å². The Hall–Kier alpha value is -0.610. The van der Waals surface area contributed by atoms with Gasteiger partial charge in [-0.3, -0.25) is 4.79 Å². The molecule has 4 heteroatoms. The number of hydrogen-bond donors (Lipinski definition) is 2. The number of likely N-dealkylation sites (N-methyl/N-ethyl adjacent to an activating group) is 1. The van der Waals surface area contributed by atoms with E-state index in [9.17, 15) is 4.79 Å². The van der Waals surface area contributed by atoms with E-state index in [1.807, 2.05) is 7.05 Å². The summed E-state index contributed by atoms with van der Waals surface area (Å²) in [6.45, 7) is 4.96. The Labute approximate surface area is 105 Å². The van der Waals surface area contributed by atoms with E-state index in [-0.39, 0.29) is 11.4 Å². The second kappa shape index (κ2) is 6.97. The highest BCUT2D eigenvalue weighted by Crippen LogP contribution is 2.21. The first-order valence-corrected chi connectivity index (χ1v) is 6.80. The van der Waals surface area contributed by atoms with Crippen LogP contribution in [0.1, 0.15) is 39.0 Å². The number of hydrogen-bond acceptors (Lipinski definition) is 3. The van der Waals surface area contributed by atoms with Gasteiger partial charge < -0.3 is 15.5 Å². The molecular weight excluding hydrogens is 214 g/mol. The van der Waals surface area contributed by atoms with Gasteiger partial charge in [-0.2, -0.15) is 0 Å². The number of unbranched alkanes of at least 4 members (excludes halogenated alkanes) is 2. The maximum atomic E-state index is 12.2. The third kappa shape index (κ3) is 3.96. The minimum atomic E-state index is -0.335. The lowest BCUT2D eigenvalue weighted by molar-refractivity contribution is -0.129. The number of carbonyl (C=O) groups excluding carboxylic acids is 1. The maximum Gasteiger partial charge on any atom is 0.240 e. The van der Waals surface area contributed by atoms with E-state index in [4.69, 9.17) is 0 Å². The van der Waals surface area contributed by atoms with Crippen LogP contribution in [-0.2, 0) is 4.79 Å². The van der Waals surface area contributed by atoms with Gasteiger partial charge in [-0.05, 0) is 33.4 Å². The van der Waals surface area contributed by atoms with Crippen molar-refractivity contribution in [2.45, 2.75) is 44.6 Å². The third-order valence-electron chi connectivity index (χ3n) is 3.82. The monoisotopic (exact) mass is 241 g/mol. The summed E-state index contributed by atoms with van der Waals surface area (Å²) in [6.07, 6.45) is 5.27. The molecule has 4 nitrogen and oxygen atoms in total. The van der Waals surface area contributed by atoms with Gasteiger partial charge in [0.2, 0.25) is 5.91 Å². The molecule has 0 saturated carbocycles. The van der Waals surface area contributed by atoms with Crippen LogP contribution in [0.25, 0.3) is 0 Å². The molecule has 1 saturated heterocycles. The Morgan fingerprint density at radius 1 is 1.29 bits per heavy atom. The van der Waals surface area contributed by atoms with E-state index < -0.39 is 0 Å². The molecule has 0 aromatic carbocycles. The Kier molecular flexibility index (Phi) is 5.92. The van der Waals surface area contributed by atoms with Gasteiger partial charge in [0, 0.05) is 19.6 Å². The lowest BCUT2D eigenvalue weighted by Crippen LogP contribution is -2.60. The van der Waals surface area contributed by atoms with Crippen LogP contribution in [0.3, 0.4) is 0 Å². The fourth-order valence-electron chi connectivity index (χ4n) is 2.34. The standard InChI is InChI=1S/C13H27N3O/c1-4-5-6-9-15-12(17)13(14-2)7-10-16(3)11-8-13/h14H,4-11H2,1-3H3,(H,15,17). The van der Waals surface area contributed by atoms with Crippen molar-refractivity contribution >= 4 is 5.91 Å². The minimum Gasteiger partial charge on any atom is -0.354 e. The average Bonchev–Trinajstić information content (AvgIpc) is 2.36. The molecule has 0 bridgehead atoms. The number of nitrogens with zero attached hydrogens (tertiary/aromatic N) is 1. The van der Waals surface area contributed by atoms with Gasteiger partial charge in [0.1, 0.15) is 5.54 Å². The van der Waals surface area contributed by atoms with Crippen molar-refractivity contribution < 1.29 is 4.79 Å². The Morgan fingerprint density at radius 2 is 1.94 bits per heavy atom. The normalized spacial score (nSPS) is 20.2. The molecule has 0 aliphatic carbocycles. The first-order chi connectivity index (χ1) is 8.14. The summed E-state index contributed by atoms with van der Waals surface area (Å²) in [5, 5.41) is 6.31. The molecule has 100 valence electrons. The summed E-state index contributed by atoms with van der Waals surface area (Å²) < 4.78 is 0. The van der Waals surface area contributed by atoms with E-state index in [2.05, 4.69) is 29.5 Å². The summed E-state index contributed by atoms with van der Waals surface area (Å²) in [5.74, 6) is 0.184. The lowest BCUT2D eigenvalue weighted by atomic mass is 9.87. The number of carbonyl (C=O) groups is 1. The van der Waals surface area contributed by atoms with Crippen molar-refractivity contribution in [3.8, 4) is 0 Å². The number of nitrogens with one attached hydrogen (secondary N) is 2. The Balaban J connectivity index is 2.40. The first-order valence-electron chi connectivity index (χ1n) is 6.80. The highest BCUT2D eigenvalue weighted by Gasteiger charge is 2.38. The third-order valence-corrected chi connectivity index (χ3v) is 3.82. The molecule has 0 spiro atoms. The Morgan fingerprint density at radius 3 is 2.47 bits per heavy atom. The highest BCUT2D eigenvalue weighted by atomic mass is 16.2. The van der Waals surface area contributed by atoms with Crippen LogP contribution in [0.4, 0.5) is 0 Å². The minimum absolute atomic E-state index is 0.184. The van der Waals surface area contributed by atoms with Crippen LogP contribution in [0, 0.1) is 0 Å². The molecule has 2 N–H and O–H groups in total. The average molecular weight is 241 g/mol. The predicted octanol–water partition coefficient (Wildman–Crippen LogP) is 0.977. The number of rotatable bonds is 6. The molecule has 17 heavy (non-hydrogen) atoms.